The van der Waals surface area contributed by atoms with Gasteiger partial charge in [-0.15, -0.1) is 0 Å². The Kier molecular flexibility index (Phi) is 43.5. The Morgan fingerprint density at radius 3 is 1.19 bits per heavy atom. The molecule has 0 rings (SSSR count). The van der Waals surface area contributed by atoms with Gasteiger partial charge in [-0.1, -0.05) is 198 Å². The van der Waals surface area contributed by atoms with Gasteiger partial charge in [0, 0.05) is 12.8 Å². The molecule has 2 N–H and O–H groups in total. The molecule has 0 radical (unpaired) electrons. The Balaban J connectivity index is 3.83. The van der Waals surface area contributed by atoms with E-state index in [2.05, 4.69) is 54.8 Å². The van der Waals surface area contributed by atoms with Gasteiger partial charge in [0.1, 0.15) is 6.61 Å². The highest BCUT2D eigenvalue weighted by molar-refractivity contribution is 7.46. The van der Waals surface area contributed by atoms with Crippen molar-refractivity contribution in [3.8, 4) is 0 Å². The highest BCUT2D eigenvalue weighted by atomic mass is 31.2. The van der Waals surface area contributed by atoms with Crippen molar-refractivity contribution in [2.45, 2.75) is 251 Å². The lowest BCUT2D eigenvalue weighted by atomic mass is 10.0. The smallest absolute Gasteiger partial charge is 0.462 e. The molecule has 0 amide bonds. The summed E-state index contributed by atoms with van der Waals surface area (Å²) < 4.78 is 26.5. The van der Waals surface area contributed by atoms with Crippen LogP contribution in [0, 0.1) is 0 Å². The van der Waals surface area contributed by atoms with Gasteiger partial charge in [0.25, 0.3) is 0 Å². The molecule has 0 saturated heterocycles. The van der Waals surface area contributed by atoms with Crippen molar-refractivity contribution in [1.29, 1.82) is 0 Å². The van der Waals surface area contributed by atoms with Crippen LogP contribution >= 0.6 is 7.82 Å². The van der Waals surface area contributed by atoms with E-state index in [1.165, 1.54) is 154 Å². The molecule has 0 aliphatic carbocycles. The number of hydrogen-bond acceptors (Lipinski definition) is 6. The van der Waals surface area contributed by atoms with Crippen molar-refractivity contribution >= 4 is 19.8 Å². The third-order valence-electron chi connectivity index (χ3n) is 10.6. The second-order valence-corrected chi connectivity index (χ2v) is 17.7. The Morgan fingerprint density at radius 1 is 0.448 bits per heavy atom. The normalized spacial score (nSPS) is 12.7. The van der Waals surface area contributed by atoms with Gasteiger partial charge in [-0.05, 0) is 70.6 Å². The summed E-state index contributed by atoms with van der Waals surface area (Å²) in [6.07, 6.45) is 54.4. The first-order chi connectivity index (χ1) is 28.3. The fraction of sp³-hybridized carbons (Fsp3) is 0.837. The minimum Gasteiger partial charge on any atom is -0.462 e. The highest BCUT2D eigenvalue weighted by Crippen LogP contribution is 2.36. The molecule has 0 aliphatic heterocycles. The quantitative estimate of drug-likeness (QED) is 0.0269. The predicted molar refractivity (Wildman–Crippen MR) is 244 cm³/mol. The van der Waals surface area contributed by atoms with Crippen molar-refractivity contribution in [3.63, 3.8) is 0 Å². The summed E-state index contributed by atoms with van der Waals surface area (Å²) in [5.74, 6) is -0.881. The van der Waals surface area contributed by atoms with E-state index in [9.17, 15) is 14.2 Å². The Bertz CT molecular complexity index is 1040. The lowest BCUT2D eigenvalue weighted by Crippen LogP contribution is -2.29. The maximum absolute atomic E-state index is 12.5. The molecule has 0 bridgehead atoms. The third-order valence-corrected chi connectivity index (χ3v) is 11.1. The summed E-state index contributed by atoms with van der Waals surface area (Å²) >= 11 is 0. The van der Waals surface area contributed by atoms with Crippen molar-refractivity contribution in [2.24, 2.45) is 0 Å². The first kappa shape index (κ1) is 56.3. The number of ether oxygens (including phenoxy) is 2. The van der Waals surface area contributed by atoms with Gasteiger partial charge >= 0.3 is 19.8 Å². The van der Waals surface area contributed by atoms with Gasteiger partial charge in [0.05, 0.1) is 6.61 Å². The van der Waals surface area contributed by atoms with Gasteiger partial charge in [-0.25, -0.2) is 4.57 Å². The standard InChI is InChI=1S/C49H91O8P/c1-3-5-7-9-11-13-15-17-19-21-23-24-26-28-30-32-34-36-38-40-42-44-49(51)57-47(46-56-58(52,53)54)45-55-48(50)43-41-39-37-35-33-31-29-27-25-22-20-18-16-14-12-10-8-6-4-2/h12,14,17-20,47H,3-11,13,15-16,21-46H2,1-2H3,(H2,52,53,54)/b14-12+,19-17+,20-18+/t47-/m1/s1. The molecular weight excluding hydrogens is 748 g/mol. The van der Waals surface area contributed by atoms with E-state index in [4.69, 9.17) is 19.3 Å². The number of carbonyl (C=O) groups excluding carboxylic acids is 2. The fourth-order valence-corrected chi connectivity index (χ4v) is 7.35. The molecule has 9 heteroatoms. The van der Waals surface area contributed by atoms with Crippen molar-refractivity contribution in [3.05, 3.63) is 36.5 Å². The van der Waals surface area contributed by atoms with Crippen LogP contribution in [0.1, 0.15) is 245 Å². The van der Waals surface area contributed by atoms with Crippen LogP contribution < -0.4 is 0 Å². The number of phosphoric ester groups is 1. The molecule has 0 aromatic rings. The summed E-state index contributed by atoms with van der Waals surface area (Å²) in [6.45, 7) is 3.69. The molecule has 340 valence electrons. The molecule has 0 unspecified atom stereocenters. The summed E-state index contributed by atoms with van der Waals surface area (Å²) in [4.78, 5) is 43.0. The number of unbranched alkanes of at least 4 members (excludes halogenated alkanes) is 29. The van der Waals surface area contributed by atoms with E-state index in [1.54, 1.807) is 0 Å². The number of allylic oxidation sites excluding steroid dienone is 6. The highest BCUT2D eigenvalue weighted by Gasteiger charge is 2.23. The van der Waals surface area contributed by atoms with Crippen LogP contribution in [0.3, 0.4) is 0 Å². The molecule has 0 heterocycles. The molecule has 0 saturated carbocycles. The van der Waals surface area contributed by atoms with Crippen LogP contribution in [0.15, 0.2) is 36.5 Å². The Hall–Kier alpha value is -1.73. The fourth-order valence-electron chi connectivity index (χ4n) is 6.99. The van der Waals surface area contributed by atoms with E-state index >= 15 is 0 Å². The molecule has 1 atom stereocenters. The SMILES string of the molecule is CCCCC/C=C/C/C=C/CCCCCCCCCCCC(=O)OC[C@H](COP(=O)(O)O)OC(=O)CCCCCCCCCCCCC/C=C/CCCCCCCC. The summed E-state index contributed by atoms with van der Waals surface area (Å²) in [5, 5.41) is 0. The number of rotatable bonds is 45. The van der Waals surface area contributed by atoms with Gasteiger partial charge in [-0.2, -0.15) is 0 Å². The zero-order valence-corrected chi connectivity index (χ0v) is 38.6. The largest absolute Gasteiger partial charge is 0.469 e. The van der Waals surface area contributed by atoms with Gasteiger partial charge in [0.15, 0.2) is 6.10 Å². The summed E-state index contributed by atoms with van der Waals surface area (Å²) in [7, 11) is -4.76. The average molecular weight is 839 g/mol. The third kappa shape index (κ3) is 47.0. The summed E-state index contributed by atoms with van der Waals surface area (Å²) in [5.41, 5.74) is 0. The van der Waals surface area contributed by atoms with E-state index in [-0.39, 0.29) is 19.4 Å². The first-order valence-corrected chi connectivity index (χ1v) is 25.8. The zero-order chi connectivity index (χ0) is 42.5. The van der Waals surface area contributed by atoms with Crippen LogP contribution in [0.25, 0.3) is 0 Å². The van der Waals surface area contributed by atoms with Crippen LogP contribution in [0.2, 0.25) is 0 Å². The number of esters is 2. The molecule has 0 aromatic heterocycles. The molecule has 8 nitrogen and oxygen atoms in total. The maximum Gasteiger partial charge on any atom is 0.469 e. The van der Waals surface area contributed by atoms with Crippen molar-refractivity contribution in [2.75, 3.05) is 13.2 Å². The topological polar surface area (TPSA) is 119 Å². The molecule has 0 aliphatic rings. The molecular formula is C49H91O8P. The Labute approximate surface area is 357 Å². The average Bonchev–Trinajstić information content (AvgIpc) is 3.20. The lowest BCUT2D eigenvalue weighted by molar-refractivity contribution is -0.161. The van der Waals surface area contributed by atoms with E-state index in [1.807, 2.05) is 0 Å². The van der Waals surface area contributed by atoms with Crippen LogP contribution in [0.4, 0.5) is 0 Å². The van der Waals surface area contributed by atoms with Crippen molar-refractivity contribution in [1.82, 2.24) is 0 Å². The van der Waals surface area contributed by atoms with E-state index < -0.39 is 32.5 Å². The van der Waals surface area contributed by atoms with Gasteiger partial charge in [-0.3, -0.25) is 14.1 Å². The molecule has 0 fully saturated rings. The van der Waals surface area contributed by atoms with Crippen LogP contribution in [-0.2, 0) is 28.2 Å². The first-order valence-electron chi connectivity index (χ1n) is 24.3. The van der Waals surface area contributed by atoms with E-state index in [0.29, 0.717) is 6.42 Å². The molecule has 58 heavy (non-hydrogen) atoms. The number of carbonyl (C=O) groups is 2. The van der Waals surface area contributed by atoms with Gasteiger partial charge < -0.3 is 19.3 Å². The van der Waals surface area contributed by atoms with Gasteiger partial charge in [0.2, 0.25) is 0 Å². The predicted octanol–water partition coefficient (Wildman–Crippen LogP) is 15.3. The van der Waals surface area contributed by atoms with E-state index in [0.717, 1.165) is 57.8 Å². The zero-order valence-electron chi connectivity index (χ0n) is 37.7. The summed E-state index contributed by atoms with van der Waals surface area (Å²) in [6, 6.07) is 0. The second kappa shape index (κ2) is 44.8. The second-order valence-electron chi connectivity index (χ2n) is 16.4. The molecule has 0 spiro atoms. The molecule has 0 aromatic carbocycles. The Morgan fingerprint density at radius 2 is 0.776 bits per heavy atom. The van der Waals surface area contributed by atoms with Crippen LogP contribution in [-0.4, -0.2) is 41.0 Å². The monoisotopic (exact) mass is 839 g/mol. The minimum atomic E-state index is -4.76. The number of hydrogen-bond donors (Lipinski definition) is 2. The number of phosphoric acid groups is 1. The van der Waals surface area contributed by atoms with Crippen molar-refractivity contribution < 1.29 is 37.9 Å². The lowest BCUT2D eigenvalue weighted by Gasteiger charge is -2.18. The van der Waals surface area contributed by atoms with Crippen LogP contribution in [0.5, 0.6) is 0 Å². The maximum atomic E-state index is 12.5. The minimum absolute atomic E-state index is 0.212.